The highest BCUT2D eigenvalue weighted by molar-refractivity contribution is 5.98. The van der Waals surface area contributed by atoms with E-state index in [1.54, 1.807) is 4.90 Å². The molecule has 0 aromatic heterocycles. The Morgan fingerprint density at radius 2 is 1.86 bits per heavy atom. The van der Waals surface area contributed by atoms with Crippen LogP contribution in [0.1, 0.15) is 27.9 Å². The maximum Gasteiger partial charge on any atom is 0.254 e. The topological polar surface area (TPSA) is 91.1 Å². The molecule has 9 heteroatoms. The number of likely N-dealkylation sites (tertiary alicyclic amines) is 1. The van der Waals surface area contributed by atoms with E-state index in [-0.39, 0.29) is 17.9 Å². The number of morpholine rings is 1. The third-order valence-electron chi connectivity index (χ3n) is 7.34. The number of amides is 2. The fourth-order valence-electron chi connectivity index (χ4n) is 5.11. The lowest BCUT2D eigenvalue weighted by Crippen LogP contribution is -2.47. The van der Waals surface area contributed by atoms with E-state index in [2.05, 4.69) is 34.2 Å². The van der Waals surface area contributed by atoms with Crippen LogP contribution in [0.15, 0.2) is 48.5 Å². The summed E-state index contributed by atoms with van der Waals surface area (Å²) in [4.78, 5) is 33.1. The summed E-state index contributed by atoms with van der Waals surface area (Å²) in [5.74, 6) is -0.868. The summed E-state index contributed by atoms with van der Waals surface area (Å²) in [5, 5.41) is 2.86. The van der Waals surface area contributed by atoms with E-state index in [0.29, 0.717) is 31.6 Å². The van der Waals surface area contributed by atoms with E-state index >= 15 is 0 Å². The van der Waals surface area contributed by atoms with Crippen molar-refractivity contribution < 1.29 is 18.7 Å². The summed E-state index contributed by atoms with van der Waals surface area (Å²) < 4.78 is 19.0. The summed E-state index contributed by atoms with van der Waals surface area (Å²) in [5.41, 5.74) is 8.43. The van der Waals surface area contributed by atoms with Crippen molar-refractivity contribution in [3.8, 4) is 0 Å². The predicted octanol–water partition coefficient (Wildman–Crippen LogP) is 1.63. The van der Waals surface area contributed by atoms with Gasteiger partial charge in [0.15, 0.2) is 0 Å². The monoisotopic (exact) mass is 511 g/mol. The van der Waals surface area contributed by atoms with Crippen molar-refractivity contribution in [3.05, 3.63) is 71.0 Å². The molecule has 2 amide bonds. The maximum absolute atomic E-state index is 13.5. The molecular formula is C28H38FN5O3. The molecule has 0 spiro atoms. The molecule has 3 N–H and O–H groups in total. The molecule has 0 radical (unpaired) electrons. The van der Waals surface area contributed by atoms with Crippen molar-refractivity contribution in [2.24, 2.45) is 5.73 Å². The SMILES string of the molecule is Cc1ccccc1CN(CCN1CCOCC1)C1CC(C(=O)NCCN)N(C(=O)c2ccc(F)cc2)C1. The third kappa shape index (κ3) is 7.13. The number of carbonyl (C=O) groups is 2. The molecule has 2 fully saturated rings. The van der Waals surface area contributed by atoms with Crippen LogP contribution >= 0.6 is 0 Å². The van der Waals surface area contributed by atoms with Gasteiger partial charge in [0.1, 0.15) is 11.9 Å². The first-order valence-corrected chi connectivity index (χ1v) is 13.1. The second-order valence-electron chi connectivity index (χ2n) is 9.80. The maximum atomic E-state index is 13.5. The van der Waals surface area contributed by atoms with Crippen molar-refractivity contribution in [2.45, 2.75) is 32.0 Å². The number of nitrogens with zero attached hydrogens (tertiary/aromatic N) is 3. The number of halogens is 1. The predicted molar refractivity (Wildman–Crippen MR) is 141 cm³/mol. The molecule has 2 unspecified atom stereocenters. The van der Waals surface area contributed by atoms with E-state index in [4.69, 9.17) is 10.5 Å². The largest absolute Gasteiger partial charge is 0.379 e. The average Bonchev–Trinajstić information content (AvgIpc) is 3.37. The summed E-state index contributed by atoms with van der Waals surface area (Å²) in [6, 6.07) is 13.2. The fraction of sp³-hybridized carbons (Fsp3) is 0.500. The molecule has 2 heterocycles. The molecule has 4 rings (SSSR count). The van der Waals surface area contributed by atoms with E-state index < -0.39 is 11.9 Å². The van der Waals surface area contributed by atoms with Gasteiger partial charge in [0.2, 0.25) is 5.91 Å². The van der Waals surface area contributed by atoms with Gasteiger partial charge in [-0.25, -0.2) is 4.39 Å². The molecular weight excluding hydrogens is 473 g/mol. The van der Waals surface area contributed by atoms with Crippen molar-refractivity contribution in [1.82, 2.24) is 20.0 Å². The number of nitrogens with two attached hydrogens (primary N) is 1. The molecule has 200 valence electrons. The summed E-state index contributed by atoms with van der Waals surface area (Å²) >= 11 is 0. The molecule has 2 aromatic rings. The van der Waals surface area contributed by atoms with Crippen molar-refractivity contribution in [3.63, 3.8) is 0 Å². The molecule has 37 heavy (non-hydrogen) atoms. The van der Waals surface area contributed by atoms with E-state index in [1.165, 1.54) is 35.4 Å². The Morgan fingerprint density at radius 3 is 2.57 bits per heavy atom. The van der Waals surface area contributed by atoms with E-state index in [1.807, 2.05) is 12.1 Å². The lowest BCUT2D eigenvalue weighted by Gasteiger charge is -2.33. The minimum Gasteiger partial charge on any atom is -0.379 e. The number of benzene rings is 2. The first-order chi connectivity index (χ1) is 18.0. The third-order valence-corrected chi connectivity index (χ3v) is 7.34. The smallest absolute Gasteiger partial charge is 0.254 e. The van der Waals surface area contributed by atoms with Crippen LogP contribution in [0.3, 0.4) is 0 Å². The second-order valence-corrected chi connectivity index (χ2v) is 9.80. The van der Waals surface area contributed by atoms with Gasteiger partial charge < -0.3 is 20.7 Å². The van der Waals surface area contributed by atoms with Gasteiger partial charge in [-0.05, 0) is 48.7 Å². The first-order valence-electron chi connectivity index (χ1n) is 13.1. The second kappa shape index (κ2) is 13.1. The van der Waals surface area contributed by atoms with Crippen LogP contribution in [0.5, 0.6) is 0 Å². The summed E-state index contributed by atoms with van der Waals surface area (Å²) in [7, 11) is 0. The molecule has 2 aliphatic rings. The van der Waals surface area contributed by atoms with Crippen molar-refractivity contribution >= 4 is 11.8 Å². The highest BCUT2D eigenvalue weighted by Crippen LogP contribution is 2.27. The highest BCUT2D eigenvalue weighted by Gasteiger charge is 2.42. The quantitative estimate of drug-likeness (QED) is 0.504. The zero-order chi connectivity index (χ0) is 26.2. The average molecular weight is 512 g/mol. The van der Waals surface area contributed by atoms with Crippen molar-refractivity contribution in [1.29, 1.82) is 0 Å². The normalized spacial score (nSPS) is 20.4. The van der Waals surface area contributed by atoms with Gasteiger partial charge in [0, 0.05) is 64.0 Å². The Hall–Kier alpha value is -2.85. The van der Waals surface area contributed by atoms with Crippen LogP contribution in [-0.2, 0) is 16.1 Å². The van der Waals surface area contributed by atoms with Gasteiger partial charge in [0.05, 0.1) is 13.2 Å². The standard InChI is InChI=1S/C28H38FN5O3/c1-21-4-2-3-5-23(21)19-33(13-12-32-14-16-37-17-15-32)25-18-26(27(35)31-11-10-30)34(20-25)28(36)22-6-8-24(29)9-7-22/h2-9,25-26H,10-20,30H2,1H3,(H,31,35). The van der Waals surface area contributed by atoms with Gasteiger partial charge in [-0.3, -0.25) is 19.4 Å². The zero-order valence-electron chi connectivity index (χ0n) is 21.6. The number of rotatable bonds is 10. The molecule has 2 aliphatic heterocycles. The number of ether oxygens (including phenoxy) is 1. The molecule has 0 bridgehead atoms. The first kappa shape index (κ1) is 27.2. The lowest BCUT2D eigenvalue weighted by molar-refractivity contribution is -0.124. The van der Waals surface area contributed by atoms with Crippen LogP contribution in [0.25, 0.3) is 0 Å². The summed E-state index contributed by atoms with van der Waals surface area (Å²) in [6.07, 6.45) is 0.526. The molecule has 2 aromatic carbocycles. The van der Waals surface area contributed by atoms with Crippen LogP contribution in [0.4, 0.5) is 4.39 Å². The Labute approximate surface area is 218 Å². The Balaban J connectivity index is 1.56. The van der Waals surface area contributed by atoms with Crippen LogP contribution in [-0.4, -0.2) is 97.6 Å². The zero-order valence-corrected chi connectivity index (χ0v) is 21.6. The number of carbonyl (C=O) groups excluding carboxylic acids is 2. The number of aryl methyl sites for hydroxylation is 1. The molecule has 2 atom stereocenters. The summed E-state index contributed by atoms with van der Waals surface area (Å²) in [6.45, 7) is 8.94. The minimum atomic E-state index is -0.614. The van der Waals surface area contributed by atoms with E-state index in [0.717, 1.165) is 45.9 Å². The molecule has 0 aliphatic carbocycles. The van der Waals surface area contributed by atoms with E-state index in [9.17, 15) is 14.0 Å². The number of hydrogen-bond acceptors (Lipinski definition) is 6. The number of nitrogens with one attached hydrogen (secondary N) is 1. The van der Waals surface area contributed by atoms with Crippen LogP contribution < -0.4 is 11.1 Å². The Morgan fingerprint density at radius 1 is 1.14 bits per heavy atom. The molecule has 2 saturated heterocycles. The highest BCUT2D eigenvalue weighted by atomic mass is 19.1. The lowest BCUT2D eigenvalue weighted by atomic mass is 10.1. The van der Waals surface area contributed by atoms with Crippen LogP contribution in [0.2, 0.25) is 0 Å². The van der Waals surface area contributed by atoms with Gasteiger partial charge >= 0.3 is 0 Å². The van der Waals surface area contributed by atoms with Crippen LogP contribution in [0, 0.1) is 12.7 Å². The van der Waals surface area contributed by atoms with Gasteiger partial charge in [0.25, 0.3) is 5.91 Å². The Kier molecular flexibility index (Phi) is 9.62. The van der Waals surface area contributed by atoms with Crippen molar-refractivity contribution in [2.75, 3.05) is 59.0 Å². The minimum absolute atomic E-state index is 0.00123. The Bertz CT molecular complexity index is 1040. The number of hydrogen-bond donors (Lipinski definition) is 2. The van der Waals surface area contributed by atoms with Gasteiger partial charge in [-0.15, -0.1) is 0 Å². The van der Waals surface area contributed by atoms with Gasteiger partial charge in [-0.2, -0.15) is 0 Å². The van der Waals surface area contributed by atoms with Gasteiger partial charge in [-0.1, -0.05) is 24.3 Å². The fourth-order valence-corrected chi connectivity index (χ4v) is 5.11. The molecule has 0 saturated carbocycles. The molecule has 8 nitrogen and oxygen atoms in total.